The van der Waals surface area contributed by atoms with Crippen molar-refractivity contribution in [1.29, 1.82) is 0 Å². The molecule has 1 heterocycles. The summed E-state index contributed by atoms with van der Waals surface area (Å²) < 4.78 is 7.83. The molecule has 1 N–H and O–H groups in total. The molecule has 0 aliphatic rings. The number of carbonyl (C=O) groups is 1. The van der Waals surface area contributed by atoms with Gasteiger partial charge in [-0.1, -0.05) is 65.9 Å². The van der Waals surface area contributed by atoms with Crippen molar-refractivity contribution >= 4 is 23.4 Å². The Kier molecular flexibility index (Phi) is 6.87. The first-order valence-electron chi connectivity index (χ1n) is 10.3. The normalized spacial score (nSPS) is 11.7. The summed E-state index contributed by atoms with van der Waals surface area (Å²) >= 11 is 1.36. The average Bonchev–Trinajstić information content (AvgIpc) is 3.22. The number of carbonyl (C=O) groups excluding carboxylic acids is 1. The third-order valence-corrected chi connectivity index (χ3v) is 5.84. The smallest absolute Gasteiger partial charge is 0.237 e. The molecule has 7 heteroatoms. The van der Waals surface area contributed by atoms with Crippen LogP contribution < -0.4 is 10.1 Å². The Hall–Kier alpha value is -3.58. The predicted octanol–water partition coefficient (Wildman–Crippen LogP) is 5.27. The Morgan fingerprint density at radius 2 is 1.62 bits per heavy atom. The summed E-state index contributed by atoms with van der Waals surface area (Å²) in [6.07, 6.45) is 0. The molecule has 162 valence electrons. The molecule has 0 radical (unpaired) electrons. The number of aromatic nitrogens is 3. The van der Waals surface area contributed by atoms with Crippen LogP contribution in [-0.4, -0.2) is 25.9 Å². The maximum absolute atomic E-state index is 12.8. The minimum atomic E-state index is -0.370. The van der Waals surface area contributed by atoms with Crippen LogP contribution in [0, 0.1) is 6.92 Å². The number of hydrogen-bond acceptors (Lipinski definition) is 5. The fourth-order valence-corrected chi connectivity index (χ4v) is 3.95. The van der Waals surface area contributed by atoms with Crippen molar-refractivity contribution in [3.05, 3.63) is 96.3 Å². The summed E-state index contributed by atoms with van der Waals surface area (Å²) in [5.41, 5.74) is 2.83. The number of amides is 1. The summed E-state index contributed by atoms with van der Waals surface area (Å²) in [6.45, 7) is 4.13. The van der Waals surface area contributed by atoms with Crippen LogP contribution >= 0.6 is 11.8 Å². The molecule has 0 bridgehead atoms. The molecule has 0 spiro atoms. The third kappa shape index (κ3) is 5.36. The lowest BCUT2D eigenvalue weighted by atomic mass is 10.2. The number of rotatable bonds is 8. The maximum Gasteiger partial charge on any atom is 0.237 e. The largest absolute Gasteiger partial charge is 0.486 e. The van der Waals surface area contributed by atoms with Crippen molar-refractivity contribution in [3.8, 4) is 11.4 Å². The lowest BCUT2D eigenvalue weighted by Crippen LogP contribution is -2.23. The summed E-state index contributed by atoms with van der Waals surface area (Å²) in [6, 6.07) is 27.2. The fourth-order valence-electron chi connectivity index (χ4n) is 3.06. The van der Waals surface area contributed by atoms with Crippen LogP contribution in [-0.2, 0) is 11.4 Å². The predicted molar refractivity (Wildman–Crippen MR) is 127 cm³/mol. The molecule has 32 heavy (non-hydrogen) atoms. The lowest BCUT2D eigenvalue weighted by Gasteiger charge is -2.14. The van der Waals surface area contributed by atoms with Gasteiger partial charge in [-0.25, -0.2) is 0 Å². The second-order valence-corrected chi connectivity index (χ2v) is 8.59. The molecular weight excluding hydrogens is 420 g/mol. The maximum atomic E-state index is 12.8. The van der Waals surface area contributed by atoms with Gasteiger partial charge in [0, 0.05) is 11.4 Å². The summed E-state index contributed by atoms with van der Waals surface area (Å²) in [5.74, 6) is 1.33. The van der Waals surface area contributed by atoms with E-state index in [1.807, 2.05) is 103 Å². The number of ether oxygens (including phenoxy) is 1. The number of benzene rings is 3. The number of nitrogens with one attached hydrogen (secondary N) is 1. The van der Waals surface area contributed by atoms with E-state index in [4.69, 9.17) is 4.74 Å². The molecule has 0 saturated carbocycles. The summed E-state index contributed by atoms with van der Waals surface area (Å²) in [5, 5.41) is 11.9. The molecule has 0 aliphatic heterocycles. The van der Waals surface area contributed by atoms with Crippen molar-refractivity contribution < 1.29 is 9.53 Å². The Bertz CT molecular complexity index is 1160. The van der Waals surface area contributed by atoms with Crippen LogP contribution in [0.5, 0.6) is 5.75 Å². The van der Waals surface area contributed by atoms with Crippen molar-refractivity contribution in [2.24, 2.45) is 0 Å². The Morgan fingerprint density at radius 3 is 2.31 bits per heavy atom. The van der Waals surface area contributed by atoms with Crippen LogP contribution in [0.25, 0.3) is 5.69 Å². The molecule has 1 unspecified atom stereocenters. The third-order valence-electron chi connectivity index (χ3n) is 4.80. The second-order valence-electron chi connectivity index (χ2n) is 7.29. The standard InChI is InChI=1S/C25H24N4O2S/c1-18-13-15-20(16-14-18)26-24(30)19(2)32-25-28-27-23(17-31-22-11-7-4-8-12-22)29(25)21-9-5-3-6-10-21/h3-16,19H,17H2,1-2H3,(H,26,30). The highest BCUT2D eigenvalue weighted by atomic mass is 32.2. The van der Waals surface area contributed by atoms with Crippen LogP contribution in [0.1, 0.15) is 18.3 Å². The van der Waals surface area contributed by atoms with Gasteiger partial charge in [-0.2, -0.15) is 0 Å². The molecule has 0 aliphatic carbocycles. The molecule has 0 saturated heterocycles. The molecule has 0 fully saturated rings. The molecule has 4 rings (SSSR count). The van der Waals surface area contributed by atoms with E-state index in [-0.39, 0.29) is 17.8 Å². The van der Waals surface area contributed by atoms with Gasteiger partial charge < -0.3 is 10.1 Å². The first-order valence-corrected chi connectivity index (χ1v) is 11.2. The fraction of sp³-hybridized carbons (Fsp3) is 0.160. The van der Waals surface area contributed by atoms with E-state index >= 15 is 0 Å². The monoisotopic (exact) mass is 444 g/mol. The van der Waals surface area contributed by atoms with E-state index in [9.17, 15) is 4.79 Å². The zero-order valence-corrected chi connectivity index (χ0v) is 18.8. The Balaban J connectivity index is 1.52. The molecule has 1 atom stereocenters. The Labute approximate surface area is 191 Å². The van der Waals surface area contributed by atoms with Gasteiger partial charge in [0.1, 0.15) is 12.4 Å². The summed E-state index contributed by atoms with van der Waals surface area (Å²) in [7, 11) is 0. The van der Waals surface area contributed by atoms with Gasteiger partial charge in [0.05, 0.1) is 5.25 Å². The number of nitrogens with zero attached hydrogens (tertiary/aromatic N) is 3. The first-order chi connectivity index (χ1) is 15.6. The van der Waals surface area contributed by atoms with E-state index in [1.165, 1.54) is 11.8 Å². The lowest BCUT2D eigenvalue weighted by molar-refractivity contribution is -0.115. The zero-order valence-electron chi connectivity index (χ0n) is 17.9. The van der Waals surface area contributed by atoms with E-state index in [0.29, 0.717) is 11.0 Å². The average molecular weight is 445 g/mol. The van der Waals surface area contributed by atoms with Crippen LogP contribution in [0.3, 0.4) is 0 Å². The van der Waals surface area contributed by atoms with Gasteiger partial charge in [0.25, 0.3) is 0 Å². The van der Waals surface area contributed by atoms with E-state index in [0.717, 1.165) is 22.7 Å². The van der Waals surface area contributed by atoms with E-state index in [2.05, 4.69) is 15.5 Å². The summed E-state index contributed by atoms with van der Waals surface area (Å²) in [4.78, 5) is 12.8. The number of hydrogen-bond donors (Lipinski definition) is 1. The quantitative estimate of drug-likeness (QED) is 0.375. The van der Waals surface area contributed by atoms with Crippen molar-refractivity contribution in [2.75, 3.05) is 5.32 Å². The van der Waals surface area contributed by atoms with Gasteiger partial charge >= 0.3 is 0 Å². The highest BCUT2D eigenvalue weighted by molar-refractivity contribution is 8.00. The highest BCUT2D eigenvalue weighted by Gasteiger charge is 2.21. The van der Waals surface area contributed by atoms with Gasteiger partial charge in [-0.3, -0.25) is 9.36 Å². The van der Waals surface area contributed by atoms with Crippen molar-refractivity contribution in [3.63, 3.8) is 0 Å². The molecule has 1 aromatic heterocycles. The number of para-hydroxylation sites is 2. The van der Waals surface area contributed by atoms with Crippen LogP contribution in [0.2, 0.25) is 0 Å². The van der Waals surface area contributed by atoms with Gasteiger partial charge in [0.15, 0.2) is 11.0 Å². The zero-order chi connectivity index (χ0) is 22.3. The minimum Gasteiger partial charge on any atom is -0.486 e. The second kappa shape index (κ2) is 10.2. The Morgan fingerprint density at radius 1 is 0.969 bits per heavy atom. The van der Waals surface area contributed by atoms with Crippen LogP contribution in [0.4, 0.5) is 5.69 Å². The number of thioether (sulfide) groups is 1. The molecule has 6 nitrogen and oxygen atoms in total. The molecule has 4 aromatic rings. The van der Waals surface area contributed by atoms with Crippen molar-refractivity contribution in [2.45, 2.75) is 30.9 Å². The molecule has 3 aromatic carbocycles. The van der Waals surface area contributed by atoms with Crippen LogP contribution in [0.15, 0.2) is 90.1 Å². The molecule has 1 amide bonds. The number of aryl methyl sites for hydroxylation is 1. The van der Waals surface area contributed by atoms with Gasteiger partial charge in [0.2, 0.25) is 5.91 Å². The van der Waals surface area contributed by atoms with E-state index < -0.39 is 0 Å². The van der Waals surface area contributed by atoms with Crippen molar-refractivity contribution in [1.82, 2.24) is 14.8 Å². The topological polar surface area (TPSA) is 69.0 Å². The minimum absolute atomic E-state index is 0.0939. The highest BCUT2D eigenvalue weighted by Crippen LogP contribution is 2.27. The SMILES string of the molecule is Cc1ccc(NC(=O)C(C)Sc2nnc(COc3ccccc3)n2-c2ccccc2)cc1. The van der Waals surface area contributed by atoms with E-state index in [1.54, 1.807) is 0 Å². The first kappa shape index (κ1) is 21.6. The molecular formula is C25H24N4O2S. The number of anilines is 1. The van der Waals surface area contributed by atoms with Gasteiger partial charge in [-0.05, 0) is 50.2 Å². The van der Waals surface area contributed by atoms with Gasteiger partial charge in [-0.15, -0.1) is 10.2 Å².